The van der Waals surface area contributed by atoms with E-state index in [2.05, 4.69) is 25.0 Å². The van der Waals surface area contributed by atoms with Crippen molar-refractivity contribution in [2.45, 2.75) is 44.0 Å². The van der Waals surface area contributed by atoms with E-state index >= 15 is 0 Å². The molecule has 20 nitrogen and oxygen atoms in total. The zero-order chi connectivity index (χ0) is 38.6. The van der Waals surface area contributed by atoms with Crippen molar-refractivity contribution in [3.8, 4) is 11.5 Å². The van der Waals surface area contributed by atoms with Crippen LogP contribution in [0.25, 0.3) is 0 Å². The van der Waals surface area contributed by atoms with E-state index in [4.69, 9.17) is 41.5 Å². The average Bonchev–Trinajstić information content (AvgIpc) is 3.03. The van der Waals surface area contributed by atoms with E-state index in [-0.39, 0.29) is 30.9 Å². The van der Waals surface area contributed by atoms with Crippen LogP contribution in [-0.4, -0.2) is 67.4 Å². The smallest absolute Gasteiger partial charge is 0.445 e. The highest BCUT2D eigenvalue weighted by molar-refractivity contribution is 7.47. The molecular weight excluding hydrogens is 730 g/mol. The number of nitrogens with two attached hydrogens (primary N) is 3. The number of benzene rings is 3. The van der Waals surface area contributed by atoms with E-state index in [1.54, 1.807) is 24.3 Å². The number of amides is 5. The highest BCUT2D eigenvalue weighted by atomic mass is 31.2. The van der Waals surface area contributed by atoms with Gasteiger partial charge in [0.15, 0.2) is 0 Å². The van der Waals surface area contributed by atoms with E-state index in [0.29, 0.717) is 22.4 Å². The molecule has 3 atom stereocenters. The number of primary amides is 2. The lowest BCUT2D eigenvalue weighted by atomic mass is 10.0. The van der Waals surface area contributed by atoms with Gasteiger partial charge in [0, 0.05) is 18.5 Å². The van der Waals surface area contributed by atoms with Gasteiger partial charge in [-0.2, -0.15) is 0 Å². The molecule has 0 bridgehead atoms. The molecule has 3 aromatic carbocycles. The number of nitrogens with one attached hydrogen (secondary N) is 3. The van der Waals surface area contributed by atoms with Gasteiger partial charge in [-0.05, 0) is 53.1 Å². The first kappa shape index (κ1) is 40.9. The number of carbonyl (C=O) groups excluding carboxylic acids is 5. The van der Waals surface area contributed by atoms with Crippen LogP contribution in [0.15, 0.2) is 72.8 Å². The van der Waals surface area contributed by atoms with Gasteiger partial charge in [0.2, 0.25) is 23.6 Å². The number of hydrogen-bond acceptors (Lipinski definition) is 11. The summed E-state index contributed by atoms with van der Waals surface area (Å²) < 4.78 is 36.7. The van der Waals surface area contributed by atoms with Crippen molar-refractivity contribution in [1.82, 2.24) is 16.0 Å². The summed E-state index contributed by atoms with van der Waals surface area (Å²) in [4.78, 5) is 99.9. The molecule has 0 radical (unpaired) electrons. The van der Waals surface area contributed by atoms with Crippen LogP contribution < -0.4 is 42.2 Å². The maximum absolute atomic E-state index is 13.8. The lowest BCUT2D eigenvalue weighted by molar-refractivity contribution is -0.133. The predicted molar refractivity (Wildman–Crippen MR) is 180 cm³/mol. The third-order valence-corrected chi connectivity index (χ3v) is 7.70. The van der Waals surface area contributed by atoms with Crippen molar-refractivity contribution in [2.24, 2.45) is 11.5 Å². The minimum Gasteiger partial charge on any atom is -0.445 e. The van der Waals surface area contributed by atoms with Crippen LogP contribution >= 0.6 is 15.6 Å². The van der Waals surface area contributed by atoms with Crippen LogP contribution in [0.4, 0.5) is 10.5 Å². The van der Waals surface area contributed by atoms with Gasteiger partial charge in [-0.15, -0.1) is 0 Å². The second-order valence-electron chi connectivity index (χ2n) is 11.1. The van der Waals surface area contributed by atoms with Crippen molar-refractivity contribution in [2.75, 3.05) is 5.73 Å². The Balaban J connectivity index is 1.90. The fourth-order valence-electron chi connectivity index (χ4n) is 4.52. The molecule has 0 heterocycles. The molecule has 0 saturated heterocycles. The van der Waals surface area contributed by atoms with Crippen molar-refractivity contribution in [3.05, 3.63) is 89.5 Å². The summed E-state index contributed by atoms with van der Waals surface area (Å²) in [5.41, 5.74) is 17.9. The number of rotatable bonds is 18. The Labute approximate surface area is 295 Å². The Kier molecular flexibility index (Phi) is 14.3. The first-order valence-electron chi connectivity index (χ1n) is 14.9. The molecule has 0 fully saturated rings. The van der Waals surface area contributed by atoms with E-state index in [1.807, 2.05) is 0 Å². The van der Waals surface area contributed by atoms with Crippen molar-refractivity contribution >= 4 is 51.1 Å². The molecule has 280 valence electrons. The predicted octanol–water partition coefficient (Wildman–Crippen LogP) is -0.378. The second-order valence-corrected chi connectivity index (χ2v) is 13.4. The zero-order valence-electron chi connectivity index (χ0n) is 27.0. The third kappa shape index (κ3) is 14.8. The van der Waals surface area contributed by atoms with Crippen LogP contribution in [0.1, 0.15) is 23.1 Å². The maximum atomic E-state index is 13.8. The van der Waals surface area contributed by atoms with Crippen molar-refractivity contribution < 1.29 is 66.5 Å². The molecule has 0 unspecified atom stereocenters. The number of hydrogen-bond donors (Lipinski definition) is 10. The first-order valence-corrected chi connectivity index (χ1v) is 18.0. The van der Waals surface area contributed by atoms with Crippen LogP contribution in [0, 0.1) is 0 Å². The summed E-state index contributed by atoms with van der Waals surface area (Å²) in [7, 11) is -9.76. The summed E-state index contributed by atoms with van der Waals surface area (Å²) in [6.45, 7) is -0.235. The van der Waals surface area contributed by atoms with E-state index < -0.39 is 69.9 Å². The van der Waals surface area contributed by atoms with Gasteiger partial charge in [-0.1, -0.05) is 36.4 Å². The summed E-state index contributed by atoms with van der Waals surface area (Å²) in [6, 6.07) is 12.1. The minimum atomic E-state index is -4.89. The lowest BCUT2D eigenvalue weighted by Gasteiger charge is -2.25. The van der Waals surface area contributed by atoms with Gasteiger partial charge in [-0.25, -0.2) is 13.9 Å². The average molecular weight is 767 g/mol. The van der Waals surface area contributed by atoms with Gasteiger partial charge >= 0.3 is 21.7 Å². The standard InChI is InChI=1S/C30H36N6O14P2/c31-20-3-1-2-19(12-20)16-48-30(41)36-25(14-18-6-10-22(11-7-18)50-52(45,46)47)29(40)35-24(28(39)34-23(27(33)38)15-26(32)37)13-17-4-8-21(9-5-17)49-51(42,43)44/h1-12,23-25H,13-16,31H2,(H2,32,37)(H2,33,38)(H,34,39)(H,35,40)(H,36,41)(H2,42,43,44)(H2,45,46,47)/t23-,24-,25-/m0/s1. The molecule has 0 aliphatic rings. The number of anilines is 1. The zero-order valence-corrected chi connectivity index (χ0v) is 28.8. The van der Waals surface area contributed by atoms with Gasteiger partial charge in [0.1, 0.15) is 36.2 Å². The summed E-state index contributed by atoms with van der Waals surface area (Å²) in [5.74, 6) is -4.44. The molecule has 52 heavy (non-hydrogen) atoms. The summed E-state index contributed by atoms with van der Waals surface area (Å²) >= 11 is 0. The maximum Gasteiger partial charge on any atom is 0.524 e. The van der Waals surface area contributed by atoms with Crippen LogP contribution in [0.3, 0.4) is 0 Å². The monoisotopic (exact) mass is 766 g/mol. The molecule has 0 saturated carbocycles. The fraction of sp³-hybridized carbons (Fsp3) is 0.233. The highest BCUT2D eigenvalue weighted by Gasteiger charge is 2.31. The van der Waals surface area contributed by atoms with Crippen LogP contribution in [0.2, 0.25) is 0 Å². The molecule has 3 rings (SSSR count). The van der Waals surface area contributed by atoms with Crippen LogP contribution in [0.5, 0.6) is 11.5 Å². The number of carbonyl (C=O) groups is 5. The number of alkyl carbamates (subject to hydrolysis) is 1. The Morgan fingerprint density at radius 2 is 1.12 bits per heavy atom. The van der Waals surface area contributed by atoms with Gasteiger partial charge < -0.3 is 46.9 Å². The molecule has 3 aromatic rings. The molecule has 22 heteroatoms. The summed E-state index contributed by atoms with van der Waals surface area (Å²) in [5, 5.41) is 7.14. The minimum absolute atomic E-state index is 0.193. The van der Waals surface area contributed by atoms with E-state index in [0.717, 1.165) is 0 Å². The fourth-order valence-corrected chi connectivity index (χ4v) is 5.31. The van der Waals surface area contributed by atoms with Gasteiger partial charge in [0.05, 0.1) is 6.42 Å². The van der Waals surface area contributed by atoms with E-state index in [1.165, 1.54) is 48.5 Å². The quantitative estimate of drug-likeness (QED) is 0.0583. The number of nitrogen functional groups attached to an aromatic ring is 1. The molecule has 0 aromatic heterocycles. The number of ether oxygens (including phenoxy) is 1. The molecular formula is C30H36N6O14P2. The lowest BCUT2D eigenvalue weighted by Crippen LogP contribution is -2.57. The Hall–Kier alpha value is -5.49. The number of phosphoric acid groups is 2. The number of phosphoric ester groups is 2. The highest BCUT2D eigenvalue weighted by Crippen LogP contribution is 2.38. The van der Waals surface area contributed by atoms with Gasteiger partial charge in [0.25, 0.3) is 0 Å². The first-order chi connectivity index (χ1) is 24.3. The topological polar surface area (TPSA) is 342 Å². The molecule has 0 spiro atoms. The third-order valence-electron chi connectivity index (χ3n) is 6.80. The largest absolute Gasteiger partial charge is 0.524 e. The van der Waals surface area contributed by atoms with Crippen molar-refractivity contribution in [1.29, 1.82) is 0 Å². The van der Waals surface area contributed by atoms with Crippen LogP contribution in [-0.2, 0) is 52.5 Å². The second kappa shape index (κ2) is 18.1. The van der Waals surface area contributed by atoms with E-state index in [9.17, 15) is 33.1 Å². The molecule has 5 amide bonds. The Morgan fingerprint density at radius 1 is 0.654 bits per heavy atom. The van der Waals surface area contributed by atoms with Gasteiger partial charge in [-0.3, -0.25) is 38.8 Å². The SMILES string of the molecule is NC(=O)C[C@H](NC(=O)[C@H](Cc1ccc(OP(=O)(O)O)cc1)NC(=O)[C@H](Cc1ccc(OP(=O)(O)O)cc1)NC(=O)OCc1cccc(N)c1)C(N)=O. The Bertz CT molecular complexity index is 1850. The molecule has 0 aliphatic carbocycles. The Morgan fingerprint density at radius 3 is 1.54 bits per heavy atom. The normalized spacial score (nSPS) is 13.1. The van der Waals surface area contributed by atoms with Crippen molar-refractivity contribution in [3.63, 3.8) is 0 Å². The molecule has 0 aliphatic heterocycles. The summed E-state index contributed by atoms with van der Waals surface area (Å²) in [6.07, 6.45) is -2.29. The molecule has 13 N–H and O–H groups in total.